The number of carbonyl (C=O) groups excluding carboxylic acids is 1. The Hall–Kier alpha value is -2.60. The van der Waals surface area contributed by atoms with Crippen LogP contribution in [0.1, 0.15) is 27.2 Å². The maximum atomic E-state index is 12.4. The average Bonchev–Trinajstić information content (AvgIpc) is 2.97. The summed E-state index contributed by atoms with van der Waals surface area (Å²) in [5.41, 5.74) is 3.61. The zero-order chi connectivity index (χ0) is 18.5. The van der Waals surface area contributed by atoms with Crippen molar-refractivity contribution in [2.45, 2.75) is 20.1 Å². The van der Waals surface area contributed by atoms with E-state index in [9.17, 15) is 4.79 Å². The highest BCUT2D eigenvalue weighted by Crippen LogP contribution is 2.19. The van der Waals surface area contributed by atoms with Gasteiger partial charge in [0.15, 0.2) is 0 Å². The predicted molar refractivity (Wildman–Crippen MR) is 104 cm³/mol. The molecule has 0 atom stereocenters. The van der Waals surface area contributed by atoms with E-state index >= 15 is 0 Å². The molecular weight excluding hydrogens is 394 g/mol. The number of nitrogens with zero attached hydrogens (tertiary/aromatic N) is 2. The summed E-state index contributed by atoms with van der Waals surface area (Å²) in [4.78, 5) is 12.4. The summed E-state index contributed by atoms with van der Waals surface area (Å²) in [7, 11) is 1.88. The molecule has 0 fully saturated rings. The number of amides is 1. The first kappa shape index (κ1) is 18.2. The van der Waals surface area contributed by atoms with E-state index in [4.69, 9.17) is 4.74 Å². The van der Waals surface area contributed by atoms with Crippen molar-refractivity contribution in [1.82, 2.24) is 15.1 Å². The molecule has 0 saturated carbocycles. The molecule has 3 aromatic rings. The SMILES string of the molecule is Cc1c(CNC(=O)c2cccc(COc3cccc(Br)c3)c2)cnn1C. The third-order valence-corrected chi connectivity index (χ3v) is 4.66. The molecule has 1 amide bonds. The van der Waals surface area contributed by atoms with Crippen molar-refractivity contribution in [2.24, 2.45) is 7.05 Å². The van der Waals surface area contributed by atoms with E-state index in [1.165, 1.54) is 0 Å². The number of rotatable bonds is 6. The lowest BCUT2D eigenvalue weighted by atomic mass is 10.1. The van der Waals surface area contributed by atoms with Crippen molar-refractivity contribution < 1.29 is 9.53 Å². The Bertz CT molecular complexity index is 921. The molecule has 0 bridgehead atoms. The van der Waals surface area contributed by atoms with E-state index < -0.39 is 0 Å². The second-order valence-electron chi connectivity index (χ2n) is 6.01. The van der Waals surface area contributed by atoms with Crippen LogP contribution in [0, 0.1) is 6.92 Å². The molecule has 5 nitrogen and oxygen atoms in total. The number of halogens is 1. The van der Waals surface area contributed by atoms with Gasteiger partial charge in [-0.2, -0.15) is 5.10 Å². The molecule has 0 spiro atoms. The van der Waals surface area contributed by atoms with Gasteiger partial charge in [0, 0.05) is 34.9 Å². The van der Waals surface area contributed by atoms with Gasteiger partial charge in [0.1, 0.15) is 12.4 Å². The molecule has 26 heavy (non-hydrogen) atoms. The molecule has 1 N–H and O–H groups in total. The van der Waals surface area contributed by atoms with Crippen LogP contribution in [0.3, 0.4) is 0 Å². The Kier molecular flexibility index (Phi) is 5.73. The monoisotopic (exact) mass is 413 g/mol. The van der Waals surface area contributed by atoms with Gasteiger partial charge in [-0.3, -0.25) is 9.48 Å². The smallest absolute Gasteiger partial charge is 0.251 e. The number of hydrogen-bond donors (Lipinski definition) is 1. The van der Waals surface area contributed by atoms with Crippen LogP contribution < -0.4 is 10.1 Å². The fraction of sp³-hybridized carbons (Fsp3) is 0.200. The van der Waals surface area contributed by atoms with Gasteiger partial charge in [0.05, 0.1) is 6.20 Å². The quantitative estimate of drug-likeness (QED) is 0.664. The lowest BCUT2D eigenvalue weighted by molar-refractivity contribution is 0.0950. The van der Waals surface area contributed by atoms with Crippen molar-refractivity contribution in [3.8, 4) is 5.75 Å². The first-order chi connectivity index (χ1) is 12.5. The molecule has 3 rings (SSSR count). The van der Waals surface area contributed by atoms with Crippen molar-refractivity contribution in [2.75, 3.05) is 0 Å². The summed E-state index contributed by atoms with van der Waals surface area (Å²) in [6.45, 7) is 2.84. The number of aromatic nitrogens is 2. The Morgan fingerprint density at radius 1 is 1.23 bits per heavy atom. The lowest BCUT2D eigenvalue weighted by Gasteiger charge is -2.09. The van der Waals surface area contributed by atoms with Gasteiger partial charge in [-0.05, 0) is 42.8 Å². The number of hydrogen-bond acceptors (Lipinski definition) is 3. The highest BCUT2D eigenvalue weighted by Gasteiger charge is 2.09. The fourth-order valence-electron chi connectivity index (χ4n) is 2.52. The zero-order valence-corrected chi connectivity index (χ0v) is 16.3. The summed E-state index contributed by atoms with van der Waals surface area (Å²) >= 11 is 3.42. The van der Waals surface area contributed by atoms with Crippen LogP contribution in [0.5, 0.6) is 5.75 Å². The zero-order valence-electron chi connectivity index (χ0n) is 14.7. The third-order valence-electron chi connectivity index (χ3n) is 4.17. The van der Waals surface area contributed by atoms with Crippen molar-refractivity contribution in [1.29, 1.82) is 0 Å². The van der Waals surface area contributed by atoms with Gasteiger partial charge < -0.3 is 10.1 Å². The molecular formula is C20H20BrN3O2. The van der Waals surface area contributed by atoms with E-state index in [2.05, 4.69) is 26.3 Å². The van der Waals surface area contributed by atoms with E-state index in [1.807, 2.05) is 56.4 Å². The van der Waals surface area contributed by atoms with Gasteiger partial charge in [0.25, 0.3) is 5.91 Å². The number of ether oxygens (including phenoxy) is 1. The van der Waals surface area contributed by atoms with E-state index in [0.29, 0.717) is 18.7 Å². The average molecular weight is 414 g/mol. The van der Waals surface area contributed by atoms with Crippen LogP contribution in [0.25, 0.3) is 0 Å². The molecule has 0 aliphatic heterocycles. The molecule has 1 heterocycles. The first-order valence-electron chi connectivity index (χ1n) is 8.26. The normalized spacial score (nSPS) is 10.6. The van der Waals surface area contributed by atoms with Crippen LogP contribution in [-0.4, -0.2) is 15.7 Å². The Balaban J connectivity index is 1.61. The maximum Gasteiger partial charge on any atom is 0.251 e. The van der Waals surface area contributed by atoms with Crippen molar-refractivity contribution in [3.05, 3.63) is 81.6 Å². The molecule has 134 valence electrons. The van der Waals surface area contributed by atoms with Gasteiger partial charge >= 0.3 is 0 Å². The number of nitrogens with one attached hydrogen (secondary N) is 1. The molecule has 6 heteroatoms. The van der Waals surface area contributed by atoms with Crippen LogP contribution in [0.4, 0.5) is 0 Å². The van der Waals surface area contributed by atoms with Crippen molar-refractivity contribution in [3.63, 3.8) is 0 Å². The first-order valence-corrected chi connectivity index (χ1v) is 9.05. The summed E-state index contributed by atoms with van der Waals surface area (Å²) in [5, 5.41) is 7.12. The van der Waals surface area contributed by atoms with Crippen LogP contribution in [-0.2, 0) is 20.2 Å². The summed E-state index contributed by atoms with van der Waals surface area (Å²) < 4.78 is 8.54. The third kappa shape index (κ3) is 4.52. The minimum atomic E-state index is -0.113. The van der Waals surface area contributed by atoms with Gasteiger partial charge in [-0.1, -0.05) is 34.1 Å². The Morgan fingerprint density at radius 2 is 2.04 bits per heavy atom. The van der Waals surface area contributed by atoms with Crippen LogP contribution in [0.2, 0.25) is 0 Å². The van der Waals surface area contributed by atoms with E-state index in [0.717, 1.165) is 27.0 Å². The molecule has 1 aromatic heterocycles. The minimum absolute atomic E-state index is 0.113. The number of aryl methyl sites for hydroxylation is 1. The maximum absolute atomic E-state index is 12.4. The highest BCUT2D eigenvalue weighted by molar-refractivity contribution is 9.10. The van der Waals surface area contributed by atoms with Crippen LogP contribution in [0.15, 0.2) is 59.2 Å². The minimum Gasteiger partial charge on any atom is -0.489 e. The van der Waals surface area contributed by atoms with Gasteiger partial charge in [-0.25, -0.2) is 0 Å². The Morgan fingerprint density at radius 3 is 2.77 bits per heavy atom. The molecule has 0 saturated heterocycles. The lowest BCUT2D eigenvalue weighted by Crippen LogP contribution is -2.23. The topological polar surface area (TPSA) is 56.1 Å². The van der Waals surface area contributed by atoms with Gasteiger partial charge in [0.2, 0.25) is 0 Å². The second kappa shape index (κ2) is 8.19. The van der Waals surface area contributed by atoms with Gasteiger partial charge in [-0.15, -0.1) is 0 Å². The molecule has 0 radical (unpaired) electrons. The van der Waals surface area contributed by atoms with Crippen molar-refractivity contribution >= 4 is 21.8 Å². The molecule has 0 aliphatic carbocycles. The summed E-state index contributed by atoms with van der Waals surface area (Å²) in [6.07, 6.45) is 1.78. The number of benzene rings is 2. The number of carbonyl (C=O) groups is 1. The van der Waals surface area contributed by atoms with E-state index in [-0.39, 0.29) is 5.91 Å². The Labute approximate surface area is 161 Å². The van der Waals surface area contributed by atoms with E-state index in [1.54, 1.807) is 16.9 Å². The van der Waals surface area contributed by atoms with Crippen LogP contribution >= 0.6 is 15.9 Å². The largest absolute Gasteiger partial charge is 0.489 e. The summed E-state index contributed by atoms with van der Waals surface area (Å²) in [6, 6.07) is 15.1. The predicted octanol–water partition coefficient (Wildman–Crippen LogP) is 4.00. The molecule has 0 aliphatic rings. The second-order valence-corrected chi connectivity index (χ2v) is 6.92. The fourth-order valence-corrected chi connectivity index (χ4v) is 2.90. The standard InChI is InChI=1S/C20H20BrN3O2/c1-14-17(12-23-24(14)2)11-22-20(25)16-6-3-5-15(9-16)13-26-19-8-4-7-18(21)10-19/h3-10,12H,11,13H2,1-2H3,(H,22,25). The highest BCUT2D eigenvalue weighted by atomic mass is 79.9. The molecule has 2 aromatic carbocycles. The molecule has 0 unspecified atom stereocenters. The summed E-state index contributed by atoms with van der Waals surface area (Å²) in [5.74, 6) is 0.666.